The van der Waals surface area contributed by atoms with Crippen molar-refractivity contribution in [3.8, 4) is 11.1 Å². The van der Waals surface area contributed by atoms with Crippen LogP contribution in [0.15, 0.2) is 84.5 Å². The molecule has 0 bridgehead atoms. The summed E-state index contributed by atoms with van der Waals surface area (Å²) in [6.45, 7) is 0. The van der Waals surface area contributed by atoms with Gasteiger partial charge in [0, 0.05) is 6.08 Å². The van der Waals surface area contributed by atoms with Gasteiger partial charge in [0.1, 0.15) is 0 Å². The molecule has 0 N–H and O–H groups in total. The molecular formula is C26H16N2. The molecule has 3 aliphatic carbocycles. The molecule has 3 aliphatic rings. The van der Waals surface area contributed by atoms with Gasteiger partial charge in [-0.15, -0.1) is 0 Å². The van der Waals surface area contributed by atoms with Gasteiger partial charge in [-0.25, -0.2) is 0 Å². The Bertz CT molecular complexity index is 1430. The first-order valence-corrected chi connectivity index (χ1v) is 9.52. The van der Waals surface area contributed by atoms with Crippen molar-refractivity contribution in [1.82, 2.24) is 0 Å². The summed E-state index contributed by atoms with van der Waals surface area (Å²) in [5, 5.41) is 2.34. The molecule has 2 nitrogen and oxygen atoms in total. The van der Waals surface area contributed by atoms with Crippen LogP contribution in [0.1, 0.15) is 16.7 Å². The van der Waals surface area contributed by atoms with E-state index in [1.165, 1.54) is 44.2 Å². The maximum absolute atomic E-state index is 9.76. The first-order valence-electron chi connectivity index (χ1n) is 9.52. The minimum absolute atomic E-state index is 0.629. The van der Waals surface area contributed by atoms with E-state index in [0.717, 1.165) is 17.2 Å². The van der Waals surface area contributed by atoms with Crippen LogP contribution in [-0.4, -0.2) is 10.5 Å². The zero-order valence-corrected chi connectivity index (χ0v) is 15.2. The third kappa shape index (κ3) is 1.98. The maximum atomic E-state index is 9.76. The Morgan fingerprint density at radius 1 is 0.750 bits per heavy atom. The highest BCUT2D eigenvalue weighted by atomic mass is 14.9. The van der Waals surface area contributed by atoms with Crippen LogP contribution in [0.25, 0.3) is 33.9 Å². The van der Waals surface area contributed by atoms with Gasteiger partial charge in [-0.05, 0) is 68.0 Å². The van der Waals surface area contributed by atoms with Gasteiger partial charge in [-0.2, -0.15) is 4.79 Å². The van der Waals surface area contributed by atoms with Gasteiger partial charge >= 0.3 is 5.71 Å². The second kappa shape index (κ2) is 5.63. The average Bonchev–Trinajstić information content (AvgIpc) is 3.31. The van der Waals surface area contributed by atoms with Crippen molar-refractivity contribution in [2.45, 2.75) is 6.42 Å². The number of allylic oxidation sites excluding steroid dienone is 4. The van der Waals surface area contributed by atoms with Gasteiger partial charge in [0.2, 0.25) is 0 Å². The van der Waals surface area contributed by atoms with Gasteiger partial charge < -0.3 is 5.53 Å². The number of nitrogens with zero attached hydrogens (tertiary/aromatic N) is 2. The van der Waals surface area contributed by atoms with Crippen molar-refractivity contribution in [2.24, 2.45) is 0 Å². The second-order valence-electron chi connectivity index (χ2n) is 7.42. The topological polar surface area (TPSA) is 36.4 Å². The fourth-order valence-electron chi connectivity index (χ4n) is 4.78. The molecular weight excluding hydrogens is 340 g/mol. The lowest BCUT2D eigenvalue weighted by atomic mass is 9.88. The molecule has 0 atom stereocenters. The molecule has 0 fully saturated rings. The molecule has 2 heteroatoms. The van der Waals surface area contributed by atoms with E-state index in [1.54, 1.807) is 0 Å². The minimum atomic E-state index is 0.629. The number of rotatable bonds is 0. The third-order valence-corrected chi connectivity index (χ3v) is 6.00. The summed E-state index contributed by atoms with van der Waals surface area (Å²) >= 11 is 0. The number of benzene rings is 3. The van der Waals surface area contributed by atoms with E-state index in [0.29, 0.717) is 5.71 Å². The Hall–Kier alpha value is -3.74. The number of hydrogen-bond donors (Lipinski definition) is 0. The van der Waals surface area contributed by atoms with Gasteiger partial charge in [0.25, 0.3) is 0 Å². The lowest BCUT2D eigenvalue weighted by Crippen LogP contribution is -2.31. The van der Waals surface area contributed by atoms with Crippen LogP contribution >= 0.6 is 0 Å². The maximum Gasteiger partial charge on any atom is 0.323 e. The summed E-state index contributed by atoms with van der Waals surface area (Å²) in [6.07, 6.45) is 7.13. The Labute approximate surface area is 162 Å². The molecule has 6 rings (SSSR count). The number of hydrogen-bond acceptors (Lipinski definition) is 0. The van der Waals surface area contributed by atoms with Crippen molar-refractivity contribution in [1.29, 1.82) is 0 Å². The predicted molar refractivity (Wildman–Crippen MR) is 113 cm³/mol. The fourth-order valence-corrected chi connectivity index (χ4v) is 4.78. The largest absolute Gasteiger partial charge is 0.361 e. The first kappa shape index (κ1) is 15.3. The second-order valence-corrected chi connectivity index (χ2v) is 7.42. The van der Waals surface area contributed by atoms with Crippen molar-refractivity contribution in [3.05, 3.63) is 117 Å². The molecule has 0 heterocycles. The minimum Gasteiger partial charge on any atom is -0.361 e. The first-order chi connectivity index (χ1) is 13.8. The molecule has 0 aliphatic heterocycles. The molecule has 0 aromatic heterocycles. The van der Waals surface area contributed by atoms with Crippen LogP contribution < -0.4 is 10.4 Å². The van der Waals surface area contributed by atoms with Crippen molar-refractivity contribution in [3.63, 3.8) is 0 Å². The van der Waals surface area contributed by atoms with Gasteiger partial charge in [0.15, 0.2) is 0 Å². The summed E-state index contributed by atoms with van der Waals surface area (Å²) < 4.78 is 0. The molecule has 0 radical (unpaired) electrons. The Morgan fingerprint density at radius 3 is 2.43 bits per heavy atom. The normalized spacial score (nSPS) is 17.5. The summed E-state index contributed by atoms with van der Waals surface area (Å²) in [5.74, 6) is 0. The van der Waals surface area contributed by atoms with E-state index in [4.69, 9.17) is 0 Å². The standard InChI is InChI=1S/C26H16N2/c27-28-25-13-12-21-19-9-4-2-7-17(19)15-24(21)26(25)22-11-5-10-20-18-8-3-1-6-16(18)14-23(20)22/h1-14H,15H2. The van der Waals surface area contributed by atoms with E-state index < -0.39 is 0 Å². The molecule has 0 saturated heterocycles. The van der Waals surface area contributed by atoms with Gasteiger partial charge in [-0.3, -0.25) is 0 Å². The highest BCUT2D eigenvalue weighted by molar-refractivity contribution is 6.31. The molecule has 0 saturated carbocycles. The SMILES string of the molecule is [N-]=[N+]=C1C=CC2=C(Cc3ccccc32)C1=c1cccc2c1=Cc1ccccc1-2. The van der Waals surface area contributed by atoms with Crippen LogP contribution in [0.3, 0.4) is 0 Å². The highest BCUT2D eigenvalue weighted by Crippen LogP contribution is 2.40. The van der Waals surface area contributed by atoms with Crippen molar-refractivity contribution >= 4 is 22.9 Å². The quantitative estimate of drug-likeness (QED) is 0.338. The lowest BCUT2D eigenvalue weighted by Gasteiger charge is -2.11. The summed E-state index contributed by atoms with van der Waals surface area (Å²) in [7, 11) is 0. The molecule has 0 unspecified atom stereocenters. The monoisotopic (exact) mass is 356 g/mol. The van der Waals surface area contributed by atoms with Crippen LogP contribution in [0.2, 0.25) is 0 Å². The summed E-state index contributed by atoms with van der Waals surface area (Å²) in [4.78, 5) is 3.65. The number of fused-ring (bicyclic) bond motifs is 5. The predicted octanol–water partition coefficient (Wildman–Crippen LogP) is 3.90. The van der Waals surface area contributed by atoms with E-state index >= 15 is 0 Å². The van der Waals surface area contributed by atoms with Crippen molar-refractivity contribution in [2.75, 3.05) is 0 Å². The Kier molecular flexibility index (Phi) is 3.08. The Balaban J connectivity index is 1.73. The third-order valence-electron chi connectivity index (χ3n) is 6.00. The van der Waals surface area contributed by atoms with Crippen LogP contribution in [0.4, 0.5) is 0 Å². The summed E-state index contributed by atoms with van der Waals surface area (Å²) in [6, 6.07) is 23.5. The fraction of sp³-hybridized carbons (Fsp3) is 0.0385. The van der Waals surface area contributed by atoms with Gasteiger partial charge in [-0.1, -0.05) is 66.7 Å². The lowest BCUT2D eigenvalue weighted by molar-refractivity contribution is -0.000762. The van der Waals surface area contributed by atoms with Crippen LogP contribution in [-0.2, 0) is 6.42 Å². The van der Waals surface area contributed by atoms with Crippen LogP contribution in [0, 0.1) is 0 Å². The molecule has 3 aromatic rings. The van der Waals surface area contributed by atoms with Crippen LogP contribution in [0.5, 0.6) is 0 Å². The smallest absolute Gasteiger partial charge is 0.323 e. The molecule has 3 aromatic carbocycles. The summed E-state index contributed by atoms with van der Waals surface area (Å²) in [5.41, 5.74) is 20.3. The average molecular weight is 356 g/mol. The highest BCUT2D eigenvalue weighted by Gasteiger charge is 2.31. The molecule has 0 spiro atoms. The molecule has 0 amide bonds. The zero-order chi connectivity index (χ0) is 18.7. The zero-order valence-electron chi connectivity index (χ0n) is 15.2. The molecule has 28 heavy (non-hydrogen) atoms. The van der Waals surface area contributed by atoms with E-state index in [9.17, 15) is 5.53 Å². The van der Waals surface area contributed by atoms with Gasteiger partial charge in [0.05, 0.1) is 5.57 Å². The van der Waals surface area contributed by atoms with E-state index in [-0.39, 0.29) is 0 Å². The van der Waals surface area contributed by atoms with Crippen molar-refractivity contribution < 1.29 is 4.79 Å². The van der Waals surface area contributed by atoms with E-state index in [1.807, 2.05) is 6.08 Å². The van der Waals surface area contributed by atoms with E-state index in [2.05, 4.69) is 83.7 Å². The molecule has 130 valence electrons. The Morgan fingerprint density at radius 2 is 1.54 bits per heavy atom.